The number of rotatable bonds is 3. The SMILES string of the molecule is N[C@@H](CO)c1c(Cl)cccc1C(=O)O. The maximum atomic E-state index is 10.8. The van der Waals surface area contributed by atoms with Crippen LogP contribution in [0.4, 0.5) is 0 Å². The Balaban J connectivity index is 3.29. The van der Waals surface area contributed by atoms with Crippen LogP contribution in [0.2, 0.25) is 5.02 Å². The Bertz CT molecular complexity index is 354. The highest BCUT2D eigenvalue weighted by Crippen LogP contribution is 2.25. The van der Waals surface area contributed by atoms with Gasteiger partial charge in [0.25, 0.3) is 0 Å². The first-order valence-electron chi connectivity index (χ1n) is 3.96. The Morgan fingerprint density at radius 1 is 1.57 bits per heavy atom. The molecule has 0 heterocycles. The van der Waals surface area contributed by atoms with Crippen LogP contribution in [-0.4, -0.2) is 22.8 Å². The minimum Gasteiger partial charge on any atom is -0.478 e. The van der Waals surface area contributed by atoms with Crippen molar-refractivity contribution in [1.29, 1.82) is 0 Å². The van der Waals surface area contributed by atoms with Gasteiger partial charge in [0.1, 0.15) is 0 Å². The smallest absolute Gasteiger partial charge is 0.336 e. The summed E-state index contributed by atoms with van der Waals surface area (Å²) in [7, 11) is 0. The summed E-state index contributed by atoms with van der Waals surface area (Å²) in [6.07, 6.45) is 0. The van der Waals surface area contributed by atoms with Crippen molar-refractivity contribution in [3.05, 3.63) is 34.3 Å². The van der Waals surface area contributed by atoms with Gasteiger partial charge in [0.2, 0.25) is 0 Å². The van der Waals surface area contributed by atoms with Crippen molar-refractivity contribution in [2.75, 3.05) is 6.61 Å². The van der Waals surface area contributed by atoms with Crippen molar-refractivity contribution in [3.63, 3.8) is 0 Å². The van der Waals surface area contributed by atoms with Gasteiger partial charge in [-0.25, -0.2) is 4.79 Å². The fraction of sp³-hybridized carbons (Fsp3) is 0.222. The van der Waals surface area contributed by atoms with Gasteiger partial charge in [0.05, 0.1) is 18.2 Å². The number of carboxylic acid groups (broad SMARTS) is 1. The highest BCUT2D eigenvalue weighted by molar-refractivity contribution is 6.31. The van der Waals surface area contributed by atoms with Crippen LogP contribution in [-0.2, 0) is 0 Å². The van der Waals surface area contributed by atoms with E-state index in [4.69, 9.17) is 27.5 Å². The molecule has 4 nitrogen and oxygen atoms in total. The van der Waals surface area contributed by atoms with Gasteiger partial charge in [-0.2, -0.15) is 0 Å². The molecule has 0 bridgehead atoms. The number of aliphatic hydroxyl groups is 1. The number of aromatic carboxylic acids is 1. The summed E-state index contributed by atoms with van der Waals surface area (Å²) in [5.74, 6) is -1.11. The van der Waals surface area contributed by atoms with Gasteiger partial charge in [0, 0.05) is 10.6 Å². The van der Waals surface area contributed by atoms with Crippen LogP contribution in [0.5, 0.6) is 0 Å². The molecule has 5 heteroatoms. The molecule has 0 saturated carbocycles. The second-order valence-corrected chi connectivity index (χ2v) is 3.20. The average molecular weight is 216 g/mol. The summed E-state index contributed by atoms with van der Waals surface area (Å²) in [6, 6.07) is 3.70. The largest absolute Gasteiger partial charge is 0.478 e. The normalized spacial score (nSPS) is 12.5. The second-order valence-electron chi connectivity index (χ2n) is 2.80. The van der Waals surface area contributed by atoms with E-state index in [-0.39, 0.29) is 22.8 Å². The van der Waals surface area contributed by atoms with Crippen molar-refractivity contribution in [3.8, 4) is 0 Å². The van der Waals surface area contributed by atoms with E-state index in [0.717, 1.165) is 0 Å². The van der Waals surface area contributed by atoms with Gasteiger partial charge in [-0.15, -0.1) is 0 Å². The zero-order valence-electron chi connectivity index (χ0n) is 7.27. The quantitative estimate of drug-likeness (QED) is 0.703. The lowest BCUT2D eigenvalue weighted by molar-refractivity contribution is 0.0694. The number of benzene rings is 1. The van der Waals surface area contributed by atoms with Gasteiger partial charge in [-0.1, -0.05) is 17.7 Å². The number of carboxylic acids is 1. The van der Waals surface area contributed by atoms with E-state index in [1.54, 1.807) is 6.07 Å². The van der Waals surface area contributed by atoms with Gasteiger partial charge >= 0.3 is 5.97 Å². The standard InChI is InChI=1S/C9H10ClNO3/c10-6-3-1-2-5(9(13)14)8(6)7(11)4-12/h1-3,7,12H,4,11H2,(H,13,14)/t7-/m0/s1. The number of nitrogens with two attached hydrogens (primary N) is 1. The van der Waals surface area contributed by atoms with Gasteiger partial charge in [0.15, 0.2) is 0 Å². The second kappa shape index (κ2) is 4.41. The van der Waals surface area contributed by atoms with Gasteiger partial charge in [-0.05, 0) is 12.1 Å². The Morgan fingerprint density at radius 3 is 2.71 bits per heavy atom. The van der Waals surface area contributed by atoms with Crippen LogP contribution in [0.25, 0.3) is 0 Å². The van der Waals surface area contributed by atoms with Crippen molar-refractivity contribution in [2.45, 2.75) is 6.04 Å². The van der Waals surface area contributed by atoms with Crippen LogP contribution in [0, 0.1) is 0 Å². The molecule has 0 spiro atoms. The molecule has 1 rings (SSSR count). The first-order chi connectivity index (χ1) is 6.57. The highest BCUT2D eigenvalue weighted by Gasteiger charge is 2.17. The molecule has 0 radical (unpaired) electrons. The van der Waals surface area contributed by atoms with E-state index < -0.39 is 12.0 Å². The Kier molecular flexibility index (Phi) is 3.46. The molecule has 0 aliphatic carbocycles. The predicted octanol–water partition coefficient (Wildman–Crippen LogP) is 1.03. The summed E-state index contributed by atoms with van der Waals surface area (Å²) in [6.45, 7) is -0.343. The number of hydrogen-bond acceptors (Lipinski definition) is 3. The first-order valence-corrected chi connectivity index (χ1v) is 4.34. The van der Waals surface area contributed by atoms with Crippen molar-refractivity contribution < 1.29 is 15.0 Å². The molecule has 0 aromatic heterocycles. The van der Waals surface area contributed by atoms with Crippen LogP contribution in [0.3, 0.4) is 0 Å². The van der Waals surface area contributed by atoms with E-state index in [9.17, 15) is 4.79 Å². The molecule has 0 fully saturated rings. The van der Waals surface area contributed by atoms with Gasteiger partial charge < -0.3 is 15.9 Å². The van der Waals surface area contributed by atoms with Crippen molar-refractivity contribution in [2.24, 2.45) is 5.73 Å². The number of hydrogen-bond donors (Lipinski definition) is 3. The maximum absolute atomic E-state index is 10.8. The Labute approximate surface area is 85.9 Å². The zero-order chi connectivity index (χ0) is 10.7. The summed E-state index contributed by atoms with van der Waals surface area (Å²) < 4.78 is 0. The number of carbonyl (C=O) groups is 1. The minimum absolute atomic E-state index is 0.0269. The summed E-state index contributed by atoms with van der Waals surface area (Å²) >= 11 is 5.79. The zero-order valence-corrected chi connectivity index (χ0v) is 8.03. The maximum Gasteiger partial charge on any atom is 0.336 e. The molecule has 1 atom stereocenters. The van der Waals surface area contributed by atoms with E-state index in [1.165, 1.54) is 12.1 Å². The molecule has 1 aromatic carbocycles. The van der Waals surface area contributed by atoms with E-state index in [0.29, 0.717) is 0 Å². The molecule has 14 heavy (non-hydrogen) atoms. The molecular weight excluding hydrogens is 206 g/mol. The van der Waals surface area contributed by atoms with E-state index >= 15 is 0 Å². The summed E-state index contributed by atoms with van der Waals surface area (Å²) in [5, 5.41) is 17.9. The highest BCUT2D eigenvalue weighted by atomic mass is 35.5. The Morgan fingerprint density at radius 2 is 2.21 bits per heavy atom. The van der Waals surface area contributed by atoms with Crippen molar-refractivity contribution >= 4 is 17.6 Å². The molecule has 1 aromatic rings. The predicted molar refractivity (Wildman–Crippen MR) is 52.4 cm³/mol. The fourth-order valence-electron chi connectivity index (χ4n) is 1.19. The molecule has 0 aliphatic rings. The van der Waals surface area contributed by atoms with Gasteiger partial charge in [-0.3, -0.25) is 0 Å². The lowest BCUT2D eigenvalue weighted by Crippen LogP contribution is -2.18. The lowest BCUT2D eigenvalue weighted by atomic mass is 10.0. The Hall–Kier alpha value is -1.10. The molecular formula is C9H10ClNO3. The third-order valence-corrected chi connectivity index (χ3v) is 2.18. The fourth-order valence-corrected chi connectivity index (χ4v) is 1.51. The van der Waals surface area contributed by atoms with Crippen LogP contribution < -0.4 is 5.73 Å². The van der Waals surface area contributed by atoms with E-state index in [1.807, 2.05) is 0 Å². The molecule has 4 N–H and O–H groups in total. The molecule has 0 saturated heterocycles. The first kappa shape index (κ1) is 11.0. The molecule has 0 aliphatic heterocycles. The summed E-state index contributed by atoms with van der Waals surface area (Å²) in [4.78, 5) is 10.8. The topological polar surface area (TPSA) is 83.5 Å². The number of aliphatic hydroxyl groups excluding tert-OH is 1. The molecule has 0 unspecified atom stereocenters. The third kappa shape index (κ3) is 2.04. The minimum atomic E-state index is -1.11. The van der Waals surface area contributed by atoms with Crippen molar-refractivity contribution in [1.82, 2.24) is 0 Å². The van der Waals surface area contributed by atoms with Crippen LogP contribution >= 0.6 is 11.6 Å². The average Bonchev–Trinajstić information content (AvgIpc) is 2.16. The van der Waals surface area contributed by atoms with E-state index in [2.05, 4.69) is 0 Å². The summed E-state index contributed by atoms with van der Waals surface area (Å²) in [5.41, 5.74) is 5.83. The van der Waals surface area contributed by atoms with Crippen LogP contribution in [0.15, 0.2) is 18.2 Å². The number of halogens is 1. The molecule has 76 valence electrons. The molecule has 0 amide bonds. The monoisotopic (exact) mass is 215 g/mol. The van der Waals surface area contributed by atoms with Crippen LogP contribution in [0.1, 0.15) is 22.0 Å². The third-order valence-electron chi connectivity index (χ3n) is 1.85. The lowest BCUT2D eigenvalue weighted by Gasteiger charge is -2.13.